The second-order valence-corrected chi connectivity index (χ2v) is 6.17. The molecule has 6 nitrogen and oxygen atoms in total. The van der Waals surface area contributed by atoms with Gasteiger partial charge in [-0.25, -0.2) is 0 Å². The largest absolute Gasteiger partial charge is 0.491 e. The maximum atomic E-state index is 12.8. The molecule has 126 valence electrons. The number of hydrogen-bond acceptors (Lipinski definition) is 4. The highest BCUT2D eigenvalue weighted by molar-refractivity contribution is 5.80. The fraction of sp³-hybridized carbons (Fsp3) is 0.444. The minimum Gasteiger partial charge on any atom is -0.491 e. The lowest BCUT2D eigenvalue weighted by Crippen LogP contribution is -2.36. The van der Waals surface area contributed by atoms with Crippen molar-refractivity contribution in [2.75, 3.05) is 13.2 Å². The van der Waals surface area contributed by atoms with Crippen LogP contribution in [0.1, 0.15) is 36.7 Å². The van der Waals surface area contributed by atoms with E-state index in [1.807, 2.05) is 41.9 Å². The van der Waals surface area contributed by atoms with Gasteiger partial charge in [0.25, 0.3) is 0 Å². The van der Waals surface area contributed by atoms with Gasteiger partial charge in [-0.2, -0.15) is 5.10 Å². The molecule has 1 saturated heterocycles. The van der Waals surface area contributed by atoms with Gasteiger partial charge in [0.1, 0.15) is 18.5 Å². The molecule has 4 rings (SSSR count). The monoisotopic (exact) mass is 327 g/mol. The Balaban J connectivity index is 1.50. The molecule has 1 aromatic heterocycles. The van der Waals surface area contributed by atoms with Crippen molar-refractivity contribution in [3.63, 3.8) is 0 Å². The Morgan fingerprint density at radius 2 is 2.25 bits per heavy atom. The minimum atomic E-state index is -0.231. The third-order valence-corrected chi connectivity index (χ3v) is 4.79. The number of fused-ring (bicyclic) bond motifs is 1. The fourth-order valence-corrected chi connectivity index (χ4v) is 3.56. The Bertz CT molecular complexity index is 743. The number of ether oxygens (including phenoxy) is 2. The summed E-state index contributed by atoms with van der Waals surface area (Å²) in [5.74, 6) is 0.678. The zero-order valence-corrected chi connectivity index (χ0v) is 13.6. The molecule has 3 heterocycles. The molecule has 3 atom stereocenters. The van der Waals surface area contributed by atoms with E-state index in [0.29, 0.717) is 13.2 Å². The maximum Gasteiger partial charge on any atom is 0.226 e. The molecule has 1 aromatic carbocycles. The van der Waals surface area contributed by atoms with Gasteiger partial charge in [-0.1, -0.05) is 18.2 Å². The lowest BCUT2D eigenvalue weighted by molar-refractivity contribution is -0.127. The average Bonchev–Trinajstić information content (AvgIpc) is 3.33. The van der Waals surface area contributed by atoms with Gasteiger partial charge >= 0.3 is 0 Å². The highest BCUT2D eigenvalue weighted by atomic mass is 16.5. The van der Waals surface area contributed by atoms with Crippen molar-refractivity contribution in [3.8, 4) is 5.75 Å². The summed E-state index contributed by atoms with van der Waals surface area (Å²) < 4.78 is 13.4. The molecule has 0 bridgehead atoms. The predicted octanol–water partition coefficient (Wildman–Crippen LogP) is 2.23. The number of para-hydroxylation sites is 1. The zero-order valence-electron chi connectivity index (χ0n) is 13.6. The van der Waals surface area contributed by atoms with Crippen molar-refractivity contribution < 1.29 is 14.3 Å². The van der Waals surface area contributed by atoms with Crippen molar-refractivity contribution >= 4 is 5.91 Å². The average molecular weight is 327 g/mol. The Morgan fingerprint density at radius 3 is 3.12 bits per heavy atom. The first-order valence-electron chi connectivity index (χ1n) is 8.43. The third kappa shape index (κ3) is 2.57. The number of nitrogens with one attached hydrogen (secondary N) is 1. The summed E-state index contributed by atoms with van der Waals surface area (Å²) in [5, 5.41) is 7.42. The van der Waals surface area contributed by atoms with Gasteiger partial charge < -0.3 is 14.8 Å². The summed E-state index contributed by atoms with van der Waals surface area (Å²) >= 11 is 0. The summed E-state index contributed by atoms with van der Waals surface area (Å²) in [6.45, 7) is 3.87. The highest BCUT2D eigenvalue weighted by Crippen LogP contribution is 2.36. The number of aryl methyl sites for hydroxylation is 1. The fourth-order valence-electron chi connectivity index (χ4n) is 3.56. The van der Waals surface area contributed by atoms with Gasteiger partial charge in [0.05, 0.1) is 17.7 Å². The van der Waals surface area contributed by atoms with Crippen LogP contribution in [-0.2, 0) is 16.1 Å². The normalized spacial score (nSPS) is 25.3. The number of nitrogens with zero attached hydrogens (tertiary/aromatic N) is 2. The predicted molar refractivity (Wildman–Crippen MR) is 87.5 cm³/mol. The van der Waals surface area contributed by atoms with Crippen molar-refractivity contribution in [3.05, 3.63) is 47.8 Å². The standard InChI is InChI=1S/C18H21N3O3/c1-2-21-15(7-9-19-21)17-13(8-10-23-17)18(22)20-14-11-24-16-6-4-3-5-12(14)16/h3-7,9,13-14,17H,2,8,10-11H2,1H3,(H,20,22)/t13-,14?,17-/m1/s1. The molecular formula is C18H21N3O3. The summed E-state index contributed by atoms with van der Waals surface area (Å²) in [6.07, 6.45) is 2.25. The molecule has 0 radical (unpaired) electrons. The van der Waals surface area contributed by atoms with E-state index in [1.165, 1.54) is 0 Å². The van der Waals surface area contributed by atoms with Crippen molar-refractivity contribution in [1.82, 2.24) is 15.1 Å². The molecule has 0 spiro atoms. The van der Waals surface area contributed by atoms with E-state index in [9.17, 15) is 4.79 Å². The van der Waals surface area contributed by atoms with E-state index in [1.54, 1.807) is 6.20 Å². The molecule has 1 N–H and O–H groups in total. The van der Waals surface area contributed by atoms with Crippen LogP contribution in [0.3, 0.4) is 0 Å². The molecule has 1 amide bonds. The molecule has 1 fully saturated rings. The number of carbonyl (C=O) groups is 1. The topological polar surface area (TPSA) is 65.4 Å². The third-order valence-electron chi connectivity index (χ3n) is 4.79. The maximum absolute atomic E-state index is 12.8. The Hall–Kier alpha value is -2.34. The van der Waals surface area contributed by atoms with Gasteiger partial charge in [-0.05, 0) is 25.5 Å². The van der Waals surface area contributed by atoms with Crippen LogP contribution in [0.25, 0.3) is 0 Å². The van der Waals surface area contributed by atoms with E-state index in [0.717, 1.165) is 30.0 Å². The van der Waals surface area contributed by atoms with Crippen LogP contribution in [0.2, 0.25) is 0 Å². The lowest BCUT2D eigenvalue weighted by atomic mass is 9.97. The smallest absolute Gasteiger partial charge is 0.226 e. The van der Waals surface area contributed by atoms with Gasteiger partial charge in [0.2, 0.25) is 5.91 Å². The van der Waals surface area contributed by atoms with E-state index >= 15 is 0 Å². The Morgan fingerprint density at radius 1 is 1.38 bits per heavy atom. The zero-order chi connectivity index (χ0) is 16.5. The summed E-state index contributed by atoms with van der Waals surface area (Å²) in [5.41, 5.74) is 2.01. The number of amides is 1. The Labute approximate surface area is 140 Å². The van der Waals surface area contributed by atoms with Crippen LogP contribution in [0.4, 0.5) is 0 Å². The summed E-state index contributed by atoms with van der Waals surface area (Å²) in [6, 6.07) is 9.69. The van der Waals surface area contributed by atoms with Gasteiger partial charge in [0, 0.05) is 24.9 Å². The summed E-state index contributed by atoms with van der Waals surface area (Å²) in [4.78, 5) is 12.8. The van der Waals surface area contributed by atoms with Crippen molar-refractivity contribution in [1.29, 1.82) is 0 Å². The van der Waals surface area contributed by atoms with Crippen LogP contribution in [0, 0.1) is 5.92 Å². The molecule has 2 aromatic rings. The van der Waals surface area contributed by atoms with Crippen molar-refractivity contribution in [2.45, 2.75) is 32.0 Å². The quantitative estimate of drug-likeness (QED) is 0.935. The second-order valence-electron chi connectivity index (χ2n) is 6.17. The van der Waals surface area contributed by atoms with Gasteiger partial charge in [-0.15, -0.1) is 0 Å². The van der Waals surface area contributed by atoms with Crippen LogP contribution in [0.5, 0.6) is 5.75 Å². The second kappa shape index (κ2) is 6.28. The molecule has 1 unspecified atom stereocenters. The van der Waals surface area contributed by atoms with E-state index < -0.39 is 0 Å². The Kier molecular flexibility index (Phi) is 3.98. The molecule has 0 aliphatic carbocycles. The molecule has 0 saturated carbocycles. The van der Waals surface area contributed by atoms with Crippen LogP contribution in [-0.4, -0.2) is 28.9 Å². The highest BCUT2D eigenvalue weighted by Gasteiger charge is 2.38. The van der Waals surface area contributed by atoms with Crippen molar-refractivity contribution in [2.24, 2.45) is 5.92 Å². The first-order chi connectivity index (χ1) is 11.8. The molecule has 24 heavy (non-hydrogen) atoms. The van der Waals surface area contributed by atoms with E-state index in [2.05, 4.69) is 10.4 Å². The van der Waals surface area contributed by atoms with E-state index in [4.69, 9.17) is 9.47 Å². The first-order valence-corrected chi connectivity index (χ1v) is 8.43. The number of aromatic nitrogens is 2. The van der Waals surface area contributed by atoms with E-state index in [-0.39, 0.29) is 24.0 Å². The number of benzene rings is 1. The molecular weight excluding hydrogens is 306 g/mol. The molecule has 6 heteroatoms. The molecule has 2 aliphatic heterocycles. The van der Waals surface area contributed by atoms with Crippen LogP contribution >= 0.6 is 0 Å². The summed E-state index contributed by atoms with van der Waals surface area (Å²) in [7, 11) is 0. The number of hydrogen-bond donors (Lipinski definition) is 1. The first kappa shape index (κ1) is 15.2. The number of rotatable bonds is 4. The van der Waals surface area contributed by atoms with Gasteiger partial charge in [-0.3, -0.25) is 9.48 Å². The molecule has 2 aliphatic rings. The number of carbonyl (C=O) groups excluding carboxylic acids is 1. The lowest BCUT2D eigenvalue weighted by Gasteiger charge is -2.21. The minimum absolute atomic E-state index is 0.0201. The SMILES string of the molecule is CCn1nccc1[C@@H]1OCC[C@H]1C(=O)NC1COc2ccccc21. The van der Waals surface area contributed by atoms with Crippen LogP contribution < -0.4 is 10.1 Å². The van der Waals surface area contributed by atoms with Crippen LogP contribution in [0.15, 0.2) is 36.5 Å². The van der Waals surface area contributed by atoms with Gasteiger partial charge in [0.15, 0.2) is 0 Å².